The topological polar surface area (TPSA) is 76.0 Å². The van der Waals surface area contributed by atoms with Crippen molar-refractivity contribution in [1.29, 1.82) is 0 Å². The van der Waals surface area contributed by atoms with Crippen LogP contribution in [0, 0.1) is 0 Å². The fourth-order valence-electron chi connectivity index (χ4n) is 2.38. The van der Waals surface area contributed by atoms with Gasteiger partial charge in [0.25, 0.3) is 0 Å². The molecule has 2 aromatic rings. The number of hydrogen-bond acceptors (Lipinski definition) is 3. The summed E-state index contributed by atoms with van der Waals surface area (Å²) >= 11 is 0. The van der Waals surface area contributed by atoms with Gasteiger partial charge >= 0.3 is 0 Å². The second-order valence-electron chi connectivity index (χ2n) is 5.57. The highest BCUT2D eigenvalue weighted by Gasteiger charge is 2.24. The zero-order valence-electron chi connectivity index (χ0n) is 12.6. The summed E-state index contributed by atoms with van der Waals surface area (Å²) in [4.78, 5) is 28.1. The van der Waals surface area contributed by atoms with E-state index >= 15 is 0 Å². The zero-order chi connectivity index (χ0) is 15.5. The molecular weight excluding hydrogens is 280 g/mol. The summed E-state index contributed by atoms with van der Waals surface area (Å²) in [7, 11) is 0. The third-order valence-corrected chi connectivity index (χ3v) is 3.74. The maximum atomic E-state index is 12.1. The van der Waals surface area contributed by atoms with Crippen molar-refractivity contribution in [3.8, 4) is 0 Å². The van der Waals surface area contributed by atoms with Crippen LogP contribution in [-0.2, 0) is 22.7 Å². The SMILES string of the molecule is CCC(=O)NCc1nc2ccccc2n1CC(=O)NC1CC1. The van der Waals surface area contributed by atoms with Crippen LogP contribution in [-0.4, -0.2) is 27.4 Å². The van der Waals surface area contributed by atoms with Crippen LogP contribution in [0.3, 0.4) is 0 Å². The Morgan fingerprint density at radius 1 is 1.27 bits per heavy atom. The Balaban J connectivity index is 1.83. The van der Waals surface area contributed by atoms with Gasteiger partial charge in [0.1, 0.15) is 12.4 Å². The van der Waals surface area contributed by atoms with Gasteiger partial charge in [-0.2, -0.15) is 0 Å². The van der Waals surface area contributed by atoms with E-state index in [4.69, 9.17) is 0 Å². The van der Waals surface area contributed by atoms with E-state index in [1.807, 2.05) is 28.8 Å². The predicted octanol–water partition coefficient (Wildman–Crippen LogP) is 1.34. The number of amides is 2. The molecule has 22 heavy (non-hydrogen) atoms. The summed E-state index contributed by atoms with van der Waals surface area (Å²) in [6.07, 6.45) is 2.56. The smallest absolute Gasteiger partial charge is 0.240 e. The molecule has 2 N–H and O–H groups in total. The summed E-state index contributed by atoms with van der Waals surface area (Å²) < 4.78 is 1.88. The second kappa shape index (κ2) is 6.17. The Labute approximate surface area is 128 Å². The number of imidazole rings is 1. The number of carbonyl (C=O) groups excluding carboxylic acids is 2. The highest BCUT2D eigenvalue weighted by Crippen LogP contribution is 2.19. The average molecular weight is 300 g/mol. The molecule has 0 unspecified atom stereocenters. The van der Waals surface area contributed by atoms with E-state index in [9.17, 15) is 9.59 Å². The van der Waals surface area contributed by atoms with Crippen molar-refractivity contribution in [2.24, 2.45) is 0 Å². The molecule has 0 bridgehead atoms. The molecule has 1 aliphatic carbocycles. The van der Waals surface area contributed by atoms with Gasteiger partial charge in [-0.25, -0.2) is 4.98 Å². The van der Waals surface area contributed by atoms with Crippen LogP contribution in [0.2, 0.25) is 0 Å². The summed E-state index contributed by atoms with van der Waals surface area (Å²) in [6, 6.07) is 8.03. The first-order chi connectivity index (χ1) is 10.7. The molecule has 0 spiro atoms. The molecule has 1 fully saturated rings. The van der Waals surface area contributed by atoms with Crippen LogP contribution >= 0.6 is 0 Å². The first kappa shape index (κ1) is 14.6. The van der Waals surface area contributed by atoms with Crippen LogP contribution < -0.4 is 10.6 Å². The van der Waals surface area contributed by atoms with Gasteiger partial charge in [-0.05, 0) is 25.0 Å². The van der Waals surface area contributed by atoms with Crippen LogP contribution in [0.25, 0.3) is 11.0 Å². The fourth-order valence-corrected chi connectivity index (χ4v) is 2.38. The Morgan fingerprint density at radius 2 is 2.05 bits per heavy atom. The van der Waals surface area contributed by atoms with Gasteiger partial charge in [-0.1, -0.05) is 19.1 Å². The summed E-state index contributed by atoms with van der Waals surface area (Å²) in [5.74, 6) is 0.670. The lowest BCUT2D eigenvalue weighted by Gasteiger charge is -2.10. The average Bonchev–Trinajstić information content (AvgIpc) is 3.26. The van der Waals surface area contributed by atoms with Crippen molar-refractivity contribution in [3.05, 3.63) is 30.1 Å². The van der Waals surface area contributed by atoms with Gasteiger partial charge in [0.2, 0.25) is 11.8 Å². The molecule has 1 aromatic heterocycles. The minimum absolute atomic E-state index is 0.00581. The number of aromatic nitrogens is 2. The lowest BCUT2D eigenvalue weighted by molar-refractivity contribution is -0.122. The fraction of sp³-hybridized carbons (Fsp3) is 0.438. The van der Waals surface area contributed by atoms with Gasteiger partial charge < -0.3 is 15.2 Å². The molecule has 6 nitrogen and oxygen atoms in total. The van der Waals surface area contributed by atoms with Crippen LogP contribution in [0.4, 0.5) is 0 Å². The van der Waals surface area contributed by atoms with Crippen molar-refractivity contribution in [2.75, 3.05) is 0 Å². The number of benzene rings is 1. The molecule has 116 valence electrons. The van der Waals surface area contributed by atoms with Gasteiger partial charge in [-0.15, -0.1) is 0 Å². The number of rotatable bonds is 6. The number of hydrogen-bond donors (Lipinski definition) is 2. The third-order valence-electron chi connectivity index (χ3n) is 3.74. The van der Waals surface area contributed by atoms with E-state index in [0.717, 1.165) is 23.9 Å². The summed E-state index contributed by atoms with van der Waals surface area (Å²) in [5.41, 5.74) is 1.75. The number of fused-ring (bicyclic) bond motifs is 1. The first-order valence-electron chi connectivity index (χ1n) is 7.67. The van der Waals surface area contributed by atoms with E-state index in [1.165, 1.54) is 0 Å². The second-order valence-corrected chi connectivity index (χ2v) is 5.57. The lowest BCUT2D eigenvalue weighted by Crippen LogP contribution is -2.31. The van der Waals surface area contributed by atoms with Crippen molar-refractivity contribution < 1.29 is 9.59 Å². The highest BCUT2D eigenvalue weighted by atomic mass is 16.2. The maximum absolute atomic E-state index is 12.1. The number of nitrogens with zero attached hydrogens (tertiary/aromatic N) is 2. The maximum Gasteiger partial charge on any atom is 0.240 e. The first-order valence-corrected chi connectivity index (χ1v) is 7.67. The van der Waals surface area contributed by atoms with Gasteiger partial charge in [0.05, 0.1) is 17.6 Å². The number of carbonyl (C=O) groups is 2. The van der Waals surface area contributed by atoms with E-state index < -0.39 is 0 Å². The molecule has 0 aliphatic heterocycles. The molecule has 6 heteroatoms. The molecule has 2 amide bonds. The molecule has 1 heterocycles. The van der Waals surface area contributed by atoms with E-state index in [0.29, 0.717) is 24.8 Å². The lowest BCUT2D eigenvalue weighted by atomic mass is 10.3. The third kappa shape index (κ3) is 3.27. The Kier molecular flexibility index (Phi) is 4.09. The molecule has 1 aliphatic rings. The quantitative estimate of drug-likeness (QED) is 0.845. The van der Waals surface area contributed by atoms with Gasteiger partial charge in [-0.3, -0.25) is 9.59 Å². The van der Waals surface area contributed by atoms with Crippen LogP contribution in [0.5, 0.6) is 0 Å². The number of nitrogens with one attached hydrogen (secondary N) is 2. The van der Waals surface area contributed by atoms with Crippen molar-refractivity contribution >= 4 is 22.8 Å². The van der Waals surface area contributed by atoms with Crippen molar-refractivity contribution in [3.63, 3.8) is 0 Å². The Hall–Kier alpha value is -2.37. The Morgan fingerprint density at radius 3 is 2.77 bits per heavy atom. The van der Waals surface area contributed by atoms with Crippen LogP contribution in [0.1, 0.15) is 32.0 Å². The molecule has 1 saturated carbocycles. The molecule has 0 saturated heterocycles. The minimum Gasteiger partial charge on any atom is -0.352 e. The van der Waals surface area contributed by atoms with Gasteiger partial charge in [0, 0.05) is 12.5 Å². The van der Waals surface area contributed by atoms with E-state index in [1.54, 1.807) is 6.92 Å². The van der Waals surface area contributed by atoms with E-state index in [-0.39, 0.29) is 18.4 Å². The standard InChI is InChI=1S/C16H20N4O2/c1-2-15(21)17-9-14-19-12-5-3-4-6-13(12)20(14)10-16(22)18-11-7-8-11/h3-6,11H,2,7-10H2,1H3,(H,17,21)(H,18,22). The minimum atomic E-state index is -0.0268. The summed E-state index contributed by atoms with van der Waals surface area (Å²) in [5, 5.41) is 5.81. The number of para-hydroxylation sites is 2. The van der Waals surface area contributed by atoms with Crippen molar-refractivity contribution in [1.82, 2.24) is 20.2 Å². The summed E-state index contributed by atoms with van der Waals surface area (Å²) in [6.45, 7) is 2.37. The van der Waals surface area contributed by atoms with E-state index in [2.05, 4.69) is 15.6 Å². The monoisotopic (exact) mass is 300 g/mol. The van der Waals surface area contributed by atoms with Crippen LogP contribution in [0.15, 0.2) is 24.3 Å². The van der Waals surface area contributed by atoms with Gasteiger partial charge in [0.15, 0.2) is 0 Å². The zero-order valence-corrected chi connectivity index (χ0v) is 12.6. The normalized spacial score (nSPS) is 14.0. The molecule has 1 aromatic carbocycles. The molecule has 0 radical (unpaired) electrons. The highest BCUT2D eigenvalue weighted by molar-refractivity contribution is 5.81. The van der Waals surface area contributed by atoms with Crippen molar-refractivity contribution in [2.45, 2.75) is 45.3 Å². The Bertz CT molecular complexity index is 703. The molecule has 0 atom stereocenters. The predicted molar refractivity (Wildman–Crippen MR) is 83.0 cm³/mol. The molecular formula is C16H20N4O2. The largest absolute Gasteiger partial charge is 0.352 e. The molecule has 3 rings (SSSR count).